The predicted molar refractivity (Wildman–Crippen MR) is 168 cm³/mol. The van der Waals surface area contributed by atoms with E-state index in [1.165, 1.54) is 34.2 Å². The first-order valence-electron chi connectivity index (χ1n) is 13.4. The summed E-state index contributed by atoms with van der Waals surface area (Å²) in [6.07, 6.45) is 8.57. The van der Waals surface area contributed by atoms with Gasteiger partial charge < -0.3 is 0 Å². The molecule has 2 aromatic carbocycles. The third-order valence-corrected chi connectivity index (χ3v) is 10.0. The van der Waals surface area contributed by atoms with E-state index in [1.54, 1.807) is 34.8 Å². The number of hydrogen-bond donors (Lipinski definition) is 0. The molecule has 10 heteroatoms. The fourth-order valence-electron chi connectivity index (χ4n) is 5.36. The molecule has 8 nitrogen and oxygen atoms in total. The van der Waals surface area contributed by atoms with E-state index >= 15 is 0 Å². The fraction of sp³-hybridized carbons (Fsp3) is 0. The molecule has 2 aliphatic carbocycles. The van der Waals surface area contributed by atoms with Gasteiger partial charge in [-0.05, 0) is 46.5 Å². The van der Waals surface area contributed by atoms with Crippen LogP contribution >= 0.6 is 22.7 Å². The molecule has 0 bridgehead atoms. The lowest BCUT2D eigenvalue weighted by molar-refractivity contribution is 0.0975. The lowest BCUT2D eigenvalue weighted by atomic mass is 10.0. The first-order valence-corrected chi connectivity index (χ1v) is 15.1. The highest BCUT2D eigenvalue weighted by Crippen LogP contribution is 2.42. The number of thiophene rings is 2. The number of nitrogens with zero attached hydrogens (tertiary/aromatic N) is 4. The van der Waals surface area contributed by atoms with Gasteiger partial charge in [-0.2, -0.15) is 20.4 Å². The Balaban J connectivity index is 1.00. The maximum atomic E-state index is 12.7. The summed E-state index contributed by atoms with van der Waals surface area (Å²) in [4.78, 5) is 52.9. The van der Waals surface area contributed by atoms with Crippen LogP contribution in [0.2, 0.25) is 0 Å². The van der Waals surface area contributed by atoms with Crippen molar-refractivity contribution in [1.29, 1.82) is 0 Å². The van der Waals surface area contributed by atoms with E-state index in [9.17, 15) is 19.2 Å². The first kappa shape index (κ1) is 26.1. The number of aromatic nitrogens is 4. The molecule has 2 aliphatic rings. The summed E-state index contributed by atoms with van der Waals surface area (Å²) < 4.78 is 2.34. The minimum absolute atomic E-state index is 0.123. The van der Waals surface area contributed by atoms with Gasteiger partial charge in [0.05, 0.1) is 58.2 Å². The van der Waals surface area contributed by atoms with Crippen LogP contribution in [0.4, 0.5) is 0 Å². The average molecular weight is 609 g/mol. The van der Waals surface area contributed by atoms with E-state index in [1.807, 2.05) is 48.5 Å². The lowest BCUT2D eigenvalue weighted by Crippen LogP contribution is -2.00. The second kappa shape index (κ2) is 10.0. The van der Waals surface area contributed by atoms with Gasteiger partial charge in [0.15, 0.2) is 23.1 Å². The molecule has 0 spiro atoms. The highest BCUT2D eigenvalue weighted by atomic mass is 32.1. The van der Waals surface area contributed by atoms with Gasteiger partial charge in [0.1, 0.15) is 0 Å². The number of hydrogen-bond acceptors (Lipinski definition) is 10. The molecule has 8 rings (SSSR count). The average Bonchev–Trinajstić information content (AvgIpc) is 3.77. The minimum atomic E-state index is -0.328. The van der Waals surface area contributed by atoms with E-state index in [2.05, 4.69) is 32.5 Å². The number of allylic oxidation sites excluding steroid dienone is 2. The molecular weight excluding hydrogens is 593 g/mol. The molecule has 0 atom stereocenters. The van der Waals surface area contributed by atoms with Crippen LogP contribution in [0.1, 0.15) is 52.6 Å². The van der Waals surface area contributed by atoms with Crippen LogP contribution in [0.15, 0.2) is 96.6 Å². The zero-order valence-electron chi connectivity index (χ0n) is 22.5. The quantitative estimate of drug-likeness (QED) is 0.158. The predicted octanol–water partition coefficient (Wildman–Crippen LogP) is 6.80. The van der Waals surface area contributed by atoms with Gasteiger partial charge in [-0.25, -0.2) is 0 Å². The van der Waals surface area contributed by atoms with Crippen molar-refractivity contribution in [2.75, 3.05) is 0 Å². The number of ketones is 4. The molecule has 0 saturated heterocycles. The van der Waals surface area contributed by atoms with Crippen molar-refractivity contribution < 1.29 is 19.2 Å². The van der Waals surface area contributed by atoms with E-state index in [-0.39, 0.29) is 34.3 Å². The van der Waals surface area contributed by atoms with Gasteiger partial charge >= 0.3 is 0 Å². The Morgan fingerprint density at radius 3 is 1.09 bits per heavy atom. The number of fused-ring (bicyclic) bond motifs is 3. The largest absolute Gasteiger partial charge is 0.288 e. The van der Waals surface area contributed by atoms with Gasteiger partial charge in [-0.3, -0.25) is 19.2 Å². The molecule has 4 heterocycles. The first-order chi connectivity index (χ1) is 21.4. The Morgan fingerprint density at radius 1 is 0.455 bits per heavy atom. The number of carbonyl (C=O) groups excluding carboxylic acids is 4. The number of Topliss-reactive ketones (excluding diaryl/α,β-unsaturated/α-hetero) is 4. The summed E-state index contributed by atoms with van der Waals surface area (Å²) in [5.41, 5.74) is 5.03. The molecule has 208 valence electrons. The van der Waals surface area contributed by atoms with Crippen LogP contribution in [0, 0.1) is 0 Å². The van der Waals surface area contributed by atoms with Gasteiger partial charge in [0.2, 0.25) is 0 Å². The lowest BCUT2D eigenvalue weighted by Gasteiger charge is -2.01. The van der Waals surface area contributed by atoms with E-state index in [0.717, 1.165) is 32.0 Å². The maximum Gasteiger partial charge on any atom is 0.199 e. The summed E-state index contributed by atoms with van der Waals surface area (Å²) in [6.45, 7) is 0. The molecule has 0 aliphatic heterocycles. The van der Waals surface area contributed by atoms with Crippen LogP contribution in [0.5, 0.6) is 0 Å². The zero-order chi connectivity index (χ0) is 29.9. The Labute approximate surface area is 257 Å². The number of carbonyl (C=O) groups is 4. The molecule has 0 N–H and O–H groups in total. The highest BCUT2D eigenvalue weighted by molar-refractivity contribution is 7.31. The van der Waals surface area contributed by atoms with Crippen LogP contribution in [-0.4, -0.2) is 43.5 Å². The molecular formula is C34H16N4O4S2. The van der Waals surface area contributed by atoms with Crippen molar-refractivity contribution in [3.05, 3.63) is 130 Å². The van der Waals surface area contributed by atoms with Crippen molar-refractivity contribution in [3.8, 4) is 20.9 Å². The van der Waals surface area contributed by atoms with Crippen LogP contribution in [0.25, 0.3) is 42.4 Å². The van der Waals surface area contributed by atoms with Gasteiger partial charge in [0.25, 0.3) is 0 Å². The summed E-state index contributed by atoms with van der Waals surface area (Å²) in [6, 6.07) is 19.9. The SMILES string of the molecule is O=C1C(=Cc2ccc(-c3cc4sc(-c5ccc(C=C6C(=O)c7cnncc7C6=O)cc5)cc4s3)cc2)C(=O)c2cnncc21. The third-order valence-electron chi connectivity index (χ3n) is 7.64. The number of benzene rings is 2. The summed E-state index contributed by atoms with van der Waals surface area (Å²) in [5, 5.41) is 14.9. The Hall–Kier alpha value is -5.58. The normalized spacial score (nSPS) is 14.0. The standard InChI is InChI=1S/C34H16N4O4S2/c39-31-21(32(40)24-14-36-35-13-23(24)31)9-17-1-5-19(6-2-17)27-11-29-30(43-27)12-28(44-29)20-7-3-18(4-8-20)10-22-33(41)25-15-37-38-16-26(25)34(22)42/h1-16H. The zero-order valence-corrected chi connectivity index (χ0v) is 24.1. The fourth-order valence-corrected chi connectivity index (χ4v) is 7.76. The monoisotopic (exact) mass is 608 g/mol. The topological polar surface area (TPSA) is 120 Å². The maximum absolute atomic E-state index is 12.7. The molecule has 0 unspecified atom stereocenters. The van der Waals surface area contributed by atoms with Gasteiger partial charge in [0, 0.05) is 19.2 Å². The smallest absolute Gasteiger partial charge is 0.199 e. The van der Waals surface area contributed by atoms with E-state index in [0.29, 0.717) is 22.3 Å². The second-order valence-electron chi connectivity index (χ2n) is 10.3. The molecule has 0 radical (unpaired) electrons. The third kappa shape index (κ3) is 4.19. The van der Waals surface area contributed by atoms with Crippen LogP contribution < -0.4 is 0 Å². The van der Waals surface area contributed by atoms with Crippen molar-refractivity contribution in [2.45, 2.75) is 0 Å². The Bertz CT molecular complexity index is 2030. The van der Waals surface area contributed by atoms with Crippen molar-refractivity contribution in [1.82, 2.24) is 20.4 Å². The van der Waals surface area contributed by atoms with Crippen molar-refractivity contribution in [2.24, 2.45) is 0 Å². The summed E-state index contributed by atoms with van der Waals surface area (Å²) >= 11 is 3.39. The Morgan fingerprint density at radius 2 is 0.773 bits per heavy atom. The molecule has 0 fully saturated rings. The molecule has 4 aromatic heterocycles. The molecule has 6 aromatic rings. The van der Waals surface area contributed by atoms with E-state index < -0.39 is 0 Å². The highest BCUT2D eigenvalue weighted by Gasteiger charge is 2.34. The number of rotatable bonds is 4. The molecule has 0 amide bonds. The van der Waals surface area contributed by atoms with Crippen LogP contribution in [0.3, 0.4) is 0 Å². The minimum Gasteiger partial charge on any atom is -0.288 e. The Kier molecular flexibility index (Phi) is 5.93. The van der Waals surface area contributed by atoms with Crippen LogP contribution in [-0.2, 0) is 0 Å². The molecule has 0 saturated carbocycles. The van der Waals surface area contributed by atoms with Gasteiger partial charge in [-0.15, -0.1) is 22.7 Å². The van der Waals surface area contributed by atoms with Crippen molar-refractivity contribution in [3.63, 3.8) is 0 Å². The second-order valence-corrected chi connectivity index (χ2v) is 12.4. The van der Waals surface area contributed by atoms with E-state index in [4.69, 9.17) is 0 Å². The summed E-state index contributed by atoms with van der Waals surface area (Å²) in [7, 11) is 0. The summed E-state index contributed by atoms with van der Waals surface area (Å²) in [5.74, 6) is -1.31. The molecule has 44 heavy (non-hydrogen) atoms. The van der Waals surface area contributed by atoms with Crippen molar-refractivity contribution >= 4 is 67.4 Å². The van der Waals surface area contributed by atoms with Gasteiger partial charge in [-0.1, -0.05) is 48.5 Å².